The number of hydrogen-bond acceptors (Lipinski definition) is 2. The molecule has 0 aliphatic rings. The zero-order chi connectivity index (χ0) is 15.6. The fourth-order valence-corrected chi connectivity index (χ4v) is 3.32. The van der Waals surface area contributed by atoms with Crippen LogP contribution >= 0.6 is 11.8 Å². The molecule has 0 radical (unpaired) electrons. The van der Waals surface area contributed by atoms with Gasteiger partial charge in [-0.1, -0.05) is 6.92 Å². The van der Waals surface area contributed by atoms with Crippen molar-refractivity contribution in [2.24, 2.45) is 0 Å². The molecule has 21 heavy (non-hydrogen) atoms. The highest BCUT2D eigenvalue weighted by atomic mass is 32.2. The minimum atomic E-state index is -4.53. The third kappa shape index (κ3) is 2.88. The first-order valence-electron chi connectivity index (χ1n) is 6.53. The summed E-state index contributed by atoms with van der Waals surface area (Å²) in [5.41, 5.74) is -0.631. The average molecular weight is 312 g/mol. The van der Waals surface area contributed by atoms with Crippen LogP contribution in [-0.2, 0) is 6.18 Å². The minimum absolute atomic E-state index is 0.0982. The van der Waals surface area contributed by atoms with Crippen LogP contribution in [0.4, 0.5) is 13.2 Å². The Hall–Kier alpha value is -1.61. The largest absolute Gasteiger partial charge is 0.418 e. The molecule has 1 heterocycles. The van der Waals surface area contributed by atoms with Crippen molar-refractivity contribution in [1.82, 2.24) is 4.57 Å². The number of rotatable bonds is 4. The number of nitrogens with zero attached hydrogens (tertiary/aromatic N) is 2. The van der Waals surface area contributed by atoms with Crippen LogP contribution in [-0.4, -0.2) is 16.6 Å². The number of fused-ring (bicyclic) bond motifs is 1. The van der Waals surface area contributed by atoms with Gasteiger partial charge in [0.15, 0.2) is 0 Å². The average Bonchev–Trinajstić information content (AvgIpc) is 2.86. The van der Waals surface area contributed by atoms with Crippen molar-refractivity contribution in [1.29, 1.82) is 5.26 Å². The summed E-state index contributed by atoms with van der Waals surface area (Å²) >= 11 is 1.66. The van der Waals surface area contributed by atoms with E-state index >= 15 is 0 Å². The van der Waals surface area contributed by atoms with E-state index in [1.807, 2.05) is 17.7 Å². The Morgan fingerprint density at radius 1 is 1.33 bits per heavy atom. The Balaban J connectivity index is 2.69. The molecular weight excluding hydrogens is 297 g/mol. The predicted molar refractivity (Wildman–Crippen MR) is 79.4 cm³/mol. The molecule has 0 aliphatic carbocycles. The predicted octanol–water partition coefficient (Wildman–Crippen LogP) is 4.85. The van der Waals surface area contributed by atoms with Crippen LogP contribution in [0.3, 0.4) is 0 Å². The number of hydrogen-bond donors (Lipinski definition) is 0. The van der Waals surface area contributed by atoms with E-state index in [1.54, 1.807) is 30.1 Å². The van der Waals surface area contributed by atoms with Gasteiger partial charge in [-0.15, -0.1) is 0 Å². The monoisotopic (exact) mass is 312 g/mol. The summed E-state index contributed by atoms with van der Waals surface area (Å²) < 4.78 is 41.6. The Bertz CT molecular complexity index is 683. The zero-order valence-corrected chi connectivity index (χ0v) is 12.6. The number of alkyl halides is 3. The molecule has 2 aromatic rings. The van der Waals surface area contributed by atoms with E-state index in [2.05, 4.69) is 0 Å². The molecule has 2 nitrogen and oxygen atoms in total. The van der Waals surface area contributed by atoms with Crippen LogP contribution in [0.5, 0.6) is 0 Å². The van der Waals surface area contributed by atoms with Crippen LogP contribution < -0.4 is 0 Å². The van der Waals surface area contributed by atoms with Crippen LogP contribution in [0.25, 0.3) is 10.9 Å². The maximum absolute atomic E-state index is 13.2. The molecule has 0 saturated carbocycles. The van der Waals surface area contributed by atoms with Gasteiger partial charge in [0.1, 0.15) is 0 Å². The second kappa shape index (κ2) is 6.02. The lowest BCUT2D eigenvalue weighted by Gasteiger charge is -2.18. The van der Waals surface area contributed by atoms with Gasteiger partial charge in [-0.05, 0) is 30.9 Å². The van der Waals surface area contributed by atoms with E-state index in [0.717, 1.165) is 12.2 Å². The molecule has 0 bridgehead atoms. The summed E-state index contributed by atoms with van der Waals surface area (Å²) in [5, 5.41) is 9.03. The van der Waals surface area contributed by atoms with Gasteiger partial charge in [0.25, 0.3) is 0 Å². The van der Waals surface area contributed by atoms with Crippen LogP contribution in [0.2, 0.25) is 0 Å². The highest BCUT2D eigenvalue weighted by Crippen LogP contribution is 2.38. The van der Waals surface area contributed by atoms with Gasteiger partial charge in [-0.3, -0.25) is 0 Å². The summed E-state index contributed by atoms with van der Waals surface area (Å²) in [6.07, 6.45) is -0.0291. The third-order valence-corrected chi connectivity index (χ3v) is 4.25. The van der Waals surface area contributed by atoms with Crippen molar-refractivity contribution < 1.29 is 13.2 Å². The molecule has 0 aliphatic heterocycles. The molecule has 0 fully saturated rings. The van der Waals surface area contributed by atoms with Crippen molar-refractivity contribution in [2.75, 3.05) is 12.0 Å². The number of benzene rings is 1. The second-order valence-corrected chi connectivity index (χ2v) is 5.68. The summed E-state index contributed by atoms with van der Waals surface area (Å²) in [5.74, 6) is 0.835. The molecule has 0 spiro atoms. The lowest BCUT2D eigenvalue weighted by atomic mass is 10.0. The molecule has 1 aromatic carbocycles. The second-order valence-electron chi connectivity index (χ2n) is 4.77. The van der Waals surface area contributed by atoms with Gasteiger partial charge >= 0.3 is 6.18 Å². The summed E-state index contributed by atoms with van der Waals surface area (Å²) in [6.45, 7) is 2.01. The van der Waals surface area contributed by atoms with Crippen molar-refractivity contribution in [3.05, 3.63) is 35.5 Å². The maximum Gasteiger partial charge on any atom is 0.418 e. The van der Waals surface area contributed by atoms with Gasteiger partial charge < -0.3 is 4.57 Å². The van der Waals surface area contributed by atoms with Gasteiger partial charge in [0.2, 0.25) is 0 Å². The highest BCUT2D eigenvalue weighted by Gasteiger charge is 2.36. The quantitative estimate of drug-likeness (QED) is 0.807. The van der Waals surface area contributed by atoms with Crippen LogP contribution in [0.1, 0.15) is 30.5 Å². The van der Waals surface area contributed by atoms with E-state index < -0.39 is 11.7 Å². The van der Waals surface area contributed by atoms with E-state index in [0.29, 0.717) is 5.52 Å². The van der Waals surface area contributed by atoms with Crippen molar-refractivity contribution in [3.63, 3.8) is 0 Å². The lowest BCUT2D eigenvalue weighted by molar-refractivity contribution is -0.136. The third-order valence-electron chi connectivity index (χ3n) is 3.53. The van der Waals surface area contributed by atoms with Crippen molar-refractivity contribution in [2.45, 2.75) is 25.6 Å². The Morgan fingerprint density at radius 3 is 2.57 bits per heavy atom. The Morgan fingerprint density at radius 2 is 2.05 bits per heavy atom. The normalized spacial score (nSPS) is 13.3. The Kier molecular flexibility index (Phi) is 4.52. The molecule has 1 aromatic heterocycles. The number of aromatic nitrogens is 1. The van der Waals surface area contributed by atoms with Gasteiger partial charge in [0.05, 0.1) is 17.2 Å². The van der Waals surface area contributed by atoms with E-state index in [-0.39, 0.29) is 17.0 Å². The fourth-order valence-electron chi connectivity index (χ4n) is 2.54. The standard InChI is InChI=1S/C15H15F3N2S/c1-3-11(9-21-2)20-7-6-12-13(20)5-4-10(8-19)14(12)15(16,17)18/h4-7,11H,3,9H2,1-2H3. The molecule has 0 N–H and O–H groups in total. The van der Waals surface area contributed by atoms with Crippen molar-refractivity contribution in [3.8, 4) is 6.07 Å². The smallest absolute Gasteiger partial charge is 0.344 e. The lowest BCUT2D eigenvalue weighted by Crippen LogP contribution is -2.11. The summed E-state index contributed by atoms with van der Waals surface area (Å²) in [6, 6.07) is 6.10. The molecule has 0 saturated heterocycles. The zero-order valence-electron chi connectivity index (χ0n) is 11.7. The van der Waals surface area contributed by atoms with Crippen molar-refractivity contribution >= 4 is 22.7 Å². The number of nitriles is 1. The molecule has 6 heteroatoms. The maximum atomic E-state index is 13.2. The molecule has 1 atom stereocenters. The molecule has 0 amide bonds. The van der Waals surface area contributed by atoms with Crippen LogP contribution in [0, 0.1) is 11.3 Å². The van der Waals surface area contributed by atoms with Crippen LogP contribution in [0.15, 0.2) is 24.4 Å². The molecule has 2 rings (SSSR count). The van der Waals surface area contributed by atoms with Gasteiger partial charge in [0, 0.05) is 28.9 Å². The first-order chi connectivity index (χ1) is 9.93. The molecule has 1 unspecified atom stereocenters. The van der Waals surface area contributed by atoms with Gasteiger partial charge in [-0.25, -0.2) is 0 Å². The molecule has 112 valence electrons. The number of thioether (sulfide) groups is 1. The summed E-state index contributed by atoms with van der Waals surface area (Å²) in [4.78, 5) is 0. The molecular formula is C15H15F3N2S. The summed E-state index contributed by atoms with van der Waals surface area (Å²) in [7, 11) is 0. The topological polar surface area (TPSA) is 28.7 Å². The van der Waals surface area contributed by atoms with E-state index in [1.165, 1.54) is 12.1 Å². The Labute approximate surface area is 125 Å². The fraction of sp³-hybridized carbons (Fsp3) is 0.400. The SMILES string of the molecule is CCC(CSC)n1ccc2c(C(F)(F)F)c(C#N)ccc21. The first-order valence-corrected chi connectivity index (χ1v) is 7.93. The van der Waals surface area contributed by atoms with E-state index in [9.17, 15) is 13.2 Å². The van der Waals surface area contributed by atoms with E-state index in [4.69, 9.17) is 5.26 Å². The first kappa shape index (κ1) is 15.8. The minimum Gasteiger partial charge on any atom is -0.344 e. The van der Waals surface area contributed by atoms with Gasteiger partial charge in [-0.2, -0.15) is 30.2 Å². The number of halogens is 3. The highest BCUT2D eigenvalue weighted by molar-refractivity contribution is 7.98.